The highest BCUT2D eigenvalue weighted by molar-refractivity contribution is 6.11. The van der Waals surface area contributed by atoms with Gasteiger partial charge in [0.15, 0.2) is 11.5 Å². The summed E-state index contributed by atoms with van der Waals surface area (Å²) < 4.78 is 30.9. The number of hydrogen-bond acceptors (Lipinski definition) is 5. The fraction of sp³-hybridized carbons (Fsp3) is 0.296. The van der Waals surface area contributed by atoms with E-state index in [0.29, 0.717) is 42.3 Å². The van der Waals surface area contributed by atoms with Crippen LogP contribution < -0.4 is 24.4 Å². The number of ether oxygens (including phenoxy) is 3. The van der Waals surface area contributed by atoms with Crippen LogP contribution in [0.1, 0.15) is 23.1 Å². The van der Waals surface area contributed by atoms with Gasteiger partial charge in [-0.05, 0) is 55.3 Å². The number of nitrogens with one attached hydrogen (secondary N) is 1. The van der Waals surface area contributed by atoms with Gasteiger partial charge >= 0.3 is 0 Å². The van der Waals surface area contributed by atoms with E-state index in [-0.39, 0.29) is 25.1 Å². The number of nitrogens with zero attached hydrogens (tertiary/aromatic N) is 1. The molecule has 3 aromatic rings. The van der Waals surface area contributed by atoms with Crippen molar-refractivity contribution in [1.29, 1.82) is 0 Å². The highest BCUT2D eigenvalue weighted by Gasteiger charge is 2.57. The molecular weight excluding hydrogens is 435 g/mol. The Labute approximate surface area is 197 Å². The first-order valence-electron chi connectivity index (χ1n) is 11.6. The summed E-state index contributed by atoms with van der Waals surface area (Å²) >= 11 is 0. The van der Waals surface area contributed by atoms with E-state index in [1.165, 1.54) is 6.07 Å². The molecule has 174 valence electrons. The molecule has 3 aliphatic rings. The minimum absolute atomic E-state index is 0.0256. The molecule has 3 aromatic carbocycles. The Morgan fingerprint density at radius 2 is 1.71 bits per heavy atom. The Kier molecular flexibility index (Phi) is 5.14. The number of amides is 1. The molecule has 0 fully saturated rings. The van der Waals surface area contributed by atoms with Gasteiger partial charge in [0.2, 0.25) is 12.7 Å². The van der Waals surface area contributed by atoms with E-state index in [1.54, 1.807) is 6.07 Å². The van der Waals surface area contributed by atoms with Crippen LogP contribution in [-0.4, -0.2) is 38.9 Å². The van der Waals surface area contributed by atoms with E-state index in [4.69, 9.17) is 14.2 Å². The maximum Gasteiger partial charge on any atom is 0.245 e. The number of rotatable bonds is 7. The average Bonchev–Trinajstić information content (AvgIpc) is 3.53. The van der Waals surface area contributed by atoms with Gasteiger partial charge in [0.05, 0.1) is 0 Å². The number of carbonyl (C=O) groups excluding carboxylic acids is 1. The third-order valence-electron chi connectivity index (χ3n) is 6.91. The molecule has 0 saturated carbocycles. The van der Waals surface area contributed by atoms with Gasteiger partial charge in [-0.3, -0.25) is 4.79 Å². The monoisotopic (exact) mass is 460 g/mol. The Morgan fingerprint density at radius 1 is 0.912 bits per heavy atom. The lowest BCUT2D eigenvalue weighted by Crippen LogP contribution is -2.43. The van der Waals surface area contributed by atoms with Crippen LogP contribution in [0.2, 0.25) is 0 Å². The van der Waals surface area contributed by atoms with Crippen molar-refractivity contribution >= 4 is 11.6 Å². The van der Waals surface area contributed by atoms with Gasteiger partial charge in [-0.2, -0.15) is 0 Å². The quantitative estimate of drug-likeness (QED) is 0.544. The summed E-state index contributed by atoms with van der Waals surface area (Å²) in [4.78, 5) is 15.8. The topological polar surface area (TPSA) is 60.0 Å². The molecule has 1 atom stereocenters. The largest absolute Gasteiger partial charge is 0.491 e. The molecule has 6 nitrogen and oxygen atoms in total. The Morgan fingerprint density at radius 3 is 2.59 bits per heavy atom. The van der Waals surface area contributed by atoms with Gasteiger partial charge in [-0.1, -0.05) is 36.4 Å². The second-order valence-corrected chi connectivity index (χ2v) is 8.81. The second-order valence-electron chi connectivity index (χ2n) is 8.81. The van der Waals surface area contributed by atoms with Crippen molar-refractivity contribution < 1.29 is 23.4 Å². The summed E-state index contributed by atoms with van der Waals surface area (Å²) in [5, 5.41) is 3.37. The van der Waals surface area contributed by atoms with E-state index < -0.39 is 5.41 Å². The fourth-order valence-electron chi connectivity index (χ4n) is 5.20. The Hall–Kier alpha value is -3.58. The van der Waals surface area contributed by atoms with Gasteiger partial charge in [-0.25, -0.2) is 4.39 Å². The Bertz CT molecular complexity index is 1260. The van der Waals surface area contributed by atoms with Gasteiger partial charge in [0.1, 0.15) is 23.6 Å². The number of para-hydroxylation sites is 1. The van der Waals surface area contributed by atoms with Crippen molar-refractivity contribution in [3.05, 3.63) is 83.2 Å². The smallest absolute Gasteiger partial charge is 0.245 e. The molecule has 6 rings (SSSR count). The molecule has 0 aliphatic carbocycles. The first kappa shape index (κ1) is 21.0. The molecule has 0 saturated heterocycles. The van der Waals surface area contributed by atoms with Crippen LogP contribution in [0, 0.1) is 5.82 Å². The summed E-state index contributed by atoms with van der Waals surface area (Å²) in [6, 6.07) is 18.5. The molecule has 3 aliphatic heterocycles. The van der Waals surface area contributed by atoms with Crippen molar-refractivity contribution in [1.82, 2.24) is 5.32 Å². The Balaban J connectivity index is 1.17. The standard InChI is InChI=1S/C27H25FN2O4/c28-21-8-3-1-6-18(21)10-12-29-11-5-13-30-22-9-4-2-7-19(22)27(26(30)31)16-32-23-15-25-24(14-20(23)27)33-17-34-25/h1-4,6-9,14-15,29H,5,10-13,16-17H2. The van der Waals surface area contributed by atoms with Crippen LogP contribution in [0.3, 0.4) is 0 Å². The predicted octanol–water partition coefficient (Wildman–Crippen LogP) is 3.80. The molecule has 0 radical (unpaired) electrons. The normalized spacial score (nSPS) is 19.4. The molecule has 7 heteroatoms. The molecule has 34 heavy (non-hydrogen) atoms. The minimum Gasteiger partial charge on any atom is -0.491 e. The first-order valence-corrected chi connectivity index (χ1v) is 11.6. The van der Waals surface area contributed by atoms with Crippen LogP contribution in [0.15, 0.2) is 60.7 Å². The number of fused-ring (bicyclic) bond motifs is 5. The van der Waals surface area contributed by atoms with E-state index in [0.717, 1.165) is 29.8 Å². The zero-order valence-corrected chi connectivity index (χ0v) is 18.7. The third-order valence-corrected chi connectivity index (χ3v) is 6.91. The first-order chi connectivity index (χ1) is 16.7. The average molecular weight is 461 g/mol. The zero-order valence-electron chi connectivity index (χ0n) is 18.7. The molecule has 0 bridgehead atoms. The van der Waals surface area contributed by atoms with Crippen LogP contribution in [0.25, 0.3) is 0 Å². The van der Waals surface area contributed by atoms with Crippen molar-refractivity contribution in [3.63, 3.8) is 0 Å². The summed E-state index contributed by atoms with van der Waals surface area (Å²) in [5.74, 6) is 1.82. The van der Waals surface area contributed by atoms with Crippen molar-refractivity contribution in [2.75, 3.05) is 37.9 Å². The lowest BCUT2D eigenvalue weighted by Gasteiger charge is -2.23. The van der Waals surface area contributed by atoms with Gasteiger partial charge in [-0.15, -0.1) is 0 Å². The summed E-state index contributed by atoms with van der Waals surface area (Å²) in [6.07, 6.45) is 1.41. The lowest BCUT2D eigenvalue weighted by molar-refractivity contribution is -0.122. The van der Waals surface area contributed by atoms with Crippen LogP contribution in [0.4, 0.5) is 10.1 Å². The number of anilines is 1. The highest BCUT2D eigenvalue weighted by Crippen LogP contribution is 2.54. The number of carbonyl (C=O) groups is 1. The van der Waals surface area contributed by atoms with Gasteiger partial charge < -0.3 is 24.4 Å². The van der Waals surface area contributed by atoms with Crippen molar-refractivity contribution in [2.45, 2.75) is 18.3 Å². The minimum atomic E-state index is -0.870. The summed E-state index contributed by atoms with van der Waals surface area (Å²) in [5.41, 5.74) is 2.56. The fourth-order valence-corrected chi connectivity index (χ4v) is 5.20. The van der Waals surface area contributed by atoms with E-state index in [9.17, 15) is 9.18 Å². The van der Waals surface area contributed by atoms with Crippen molar-refractivity contribution in [3.8, 4) is 17.2 Å². The highest BCUT2D eigenvalue weighted by atomic mass is 19.1. The molecule has 0 aromatic heterocycles. The number of benzene rings is 3. The molecule has 1 spiro atoms. The summed E-state index contributed by atoms with van der Waals surface area (Å²) in [6.45, 7) is 2.44. The number of hydrogen-bond donors (Lipinski definition) is 1. The van der Waals surface area contributed by atoms with Gasteiger partial charge in [0, 0.05) is 23.9 Å². The molecule has 1 N–H and O–H groups in total. The SMILES string of the molecule is O=C1N(CCCNCCc2ccccc2F)c2ccccc2C12COc1cc3c(cc12)OCO3. The molecule has 1 unspecified atom stereocenters. The second kappa shape index (κ2) is 8.33. The van der Waals surface area contributed by atoms with Crippen LogP contribution in [-0.2, 0) is 16.6 Å². The molecule has 1 amide bonds. The zero-order chi connectivity index (χ0) is 23.1. The maximum atomic E-state index is 13.9. The van der Waals surface area contributed by atoms with Gasteiger partial charge in [0.25, 0.3) is 0 Å². The number of halogens is 1. The van der Waals surface area contributed by atoms with E-state index in [1.807, 2.05) is 53.4 Å². The molecule has 3 heterocycles. The molecular formula is C27H25FN2O4. The lowest BCUT2D eigenvalue weighted by atomic mass is 9.77. The van der Waals surface area contributed by atoms with Crippen LogP contribution >= 0.6 is 0 Å². The van der Waals surface area contributed by atoms with E-state index >= 15 is 0 Å². The van der Waals surface area contributed by atoms with E-state index in [2.05, 4.69) is 5.32 Å². The van der Waals surface area contributed by atoms with Crippen LogP contribution in [0.5, 0.6) is 17.2 Å². The maximum absolute atomic E-state index is 13.9. The third kappa shape index (κ3) is 3.22. The predicted molar refractivity (Wildman–Crippen MR) is 125 cm³/mol. The van der Waals surface area contributed by atoms with Crippen molar-refractivity contribution in [2.24, 2.45) is 0 Å². The summed E-state index contributed by atoms with van der Waals surface area (Å²) in [7, 11) is 0.